The van der Waals surface area contributed by atoms with Crippen LogP contribution in [0.5, 0.6) is 5.75 Å². The first-order valence-corrected chi connectivity index (χ1v) is 12.3. The van der Waals surface area contributed by atoms with Gasteiger partial charge in [0.05, 0.1) is 12.6 Å². The number of hydrogen-bond acceptors (Lipinski definition) is 3. The Morgan fingerprint density at radius 2 is 1.85 bits per heavy atom. The van der Waals surface area contributed by atoms with Crippen molar-refractivity contribution in [3.8, 4) is 5.75 Å². The molecule has 0 saturated heterocycles. The van der Waals surface area contributed by atoms with E-state index in [1.807, 2.05) is 25.1 Å². The van der Waals surface area contributed by atoms with E-state index < -0.39 is 10.0 Å². The standard InChI is InChI=1S/C21H24ClNO2S2/c1-14-19(12-27(3,4)13-26)18-11-17(25-2)9-10-20(18)23(14)21(24)15-5-7-16(22)8-6-15/h5-11,26H,12-13H2,1-4H3. The van der Waals surface area contributed by atoms with Crippen molar-refractivity contribution in [1.29, 1.82) is 0 Å². The van der Waals surface area contributed by atoms with E-state index in [1.165, 1.54) is 5.56 Å². The van der Waals surface area contributed by atoms with Crippen LogP contribution in [0.2, 0.25) is 5.02 Å². The maximum Gasteiger partial charge on any atom is 0.262 e. The van der Waals surface area contributed by atoms with E-state index in [9.17, 15) is 4.79 Å². The van der Waals surface area contributed by atoms with E-state index in [4.69, 9.17) is 16.3 Å². The topological polar surface area (TPSA) is 31.2 Å². The van der Waals surface area contributed by atoms with Crippen molar-refractivity contribution in [2.24, 2.45) is 0 Å². The zero-order valence-corrected chi connectivity index (χ0v) is 18.4. The molecule has 0 spiro atoms. The Hall–Kier alpha value is -1.56. The number of carbonyl (C=O) groups is 1. The highest BCUT2D eigenvalue weighted by Gasteiger charge is 2.23. The van der Waals surface area contributed by atoms with Crippen LogP contribution in [0.25, 0.3) is 10.9 Å². The van der Waals surface area contributed by atoms with Gasteiger partial charge in [-0.15, -0.1) is 0 Å². The third kappa shape index (κ3) is 4.00. The number of hydrogen-bond donors (Lipinski definition) is 1. The second kappa shape index (κ2) is 7.82. The number of ether oxygens (including phenoxy) is 1. The van der Waals surface area contributed by atoms with Crippen molar-refractivity contribution in [1.82, 2.24) is 4.57 Å². The molecule has 0 atom stereocenters. The molecule has 0 bridgehead atoms. The van der Waals surface area contributed by atoms with Gasteiger partial charge >= 0.3 is 0 Å². The van der Waals surface area contributed by atoms with Crippen LogP contribution in [0, 0.1) is 6.92 Å². The summed E-state index contributed by atoms with van der Waals surface area (Å²) in [4.78, 5) is 13.3. The summed E-state index contributed by atoms with van der Waals surface area (Å²) < 4.78 is 7.23. The molecule has 1 aromatic heterocycles. The molecule has 0 N–H and O–H groups in total. The highest BCUT2D eigenvalue weighted by atomic mass is 35.5. The van der Waals surface area contributed by atoms with E-state index in [1.54, 1.807) is 35.9 Å². The second-order valence-corrected chi connectivity index (χ2v) is 12.4. The lowest BCUT2D eigenvalue weighted by Crippen LogP contribution is -2.14. The number of carbonyl (C=O) groups excluding carboxylic acids is 1. The molecule has 0 fully saturated rings. The quantitative estimate of drug-likeness (QED) is 0.531. The third-order valence-electron chi connectivity index (χ3n) is 4.72. The van der Waals surface area contributed by atoms with Gasteiger partial charge in [-0.25, -0.2) is 10.0 Å². The lowest BCUT2D eigenvalue weighted by atomic mass is 10.1. The van der Waals surface area contributed by atoms with Gasteiger partial charge in [-0.05, 0) is 67.5 Å². The van der Waals surface area contributed by atoms with Crippen LogP contribution in [0.3, 0.4) is 0 Å². The van der Waals surface area contributed by atoms with Crippen LogP contribution in [0.1, 0.15) is 21.6 Å². The minimum atomic E-state index is -0.907. The number of halogens is 1. The summed E-state index contributed by atoms with van der Waals surface area (Å²) in [5, 5.41) is 2.52. The van der Waals surface area contributed by atoms with E-state index in [0.29, 0.717) is 10.6 Å². The van der Waals surface area contributed by atoms with Gasteiger partial charge in [-0.1, -0.05) is 11.6 Å². The fourth-order valence-electron chi connectivity index (χ4n) is 3.19. The van der Waals surface area contributed by atoms with Crippen LogP contribution in [0.4, 0.5) is 0 Å². The van der Waals surface area contributed by atoms with Gasteiger partial charge in [0.15, 0.2) is 0 Å². The van der Waals surface area contributed by atoms with E-state index in [2.05, 4.69) is 25.1 Å². The van der Waals surface area contributed by atoms with Gasteiger partial charge < -0.3 is 4.74 Å². The third-order valence-corrected chi connectivity index (χ3v) is 8.84. The Morgan fingerprint density at radius 3 is 2.44 bits per heavy atom. The van der Waals surface area contributed by atoms with Crippen LogP contribution in [0.15, 0.2) is 42.5 Å². The molecule has 3 rings (SSSR count). The summed E-state index contributed by atoms with van der Waals surface area (Å²) in [6, 6.07) is 12.9. The molecule has 3 nitrogen and oxygen atoms in total. The fraction of sp³-hybridized carbons (Fsp3) is 0.286. The number of fused-ring (bicyclic) bond motifs is 1. The molecule has 0 saturated carbocycles. The maximum absolute atomic E-state index is 13.3. The zero-order chi connectivity index (χ0) is 19.8. The van der Waals surface area contributed by atoms with Gasteiger partial charge in [0.25, 0.3) is 5.91 Å². The number of benzene rings is 2. The highest BCUT2D eigenvalue weighted by molar-refractivity contribution is 8.36. The van der Waals surface area contributed by atoms with Crippen LogP contribution in [-0.2, 0) is 5.75 Å². The summed E-state index contributed by atoms with van der Waals surface area (Å²) in [6.45, 7) is 2.02. The second-order valence-electron chi connectivity index (χ2n) is 7.14. The number of rotatable bonds is 5. The van der Waals surface area contributed by atoms with E-state index in [-0.39, 0.29) is 5.91 Å². The molecule has 144 valence electrons. The van der Waals surface area contributed by atoms with Crippen molar-refractivity contribution in [2.45, 2.75) is 12.7 Å². The molecule has 3 aromatic rings. The average Bonchev–Trinajstić information content (AvgIpc) is 2.92. The Bertz CT molecular complexity index is 994. The molecule has 6 heteroatoms. The van der Waals surface area contributed by atoms with Crippen LogP contribution < -0.4 is 4.74 Å². The normalized spacial score (nSPS) is 12.4. The predicted octanol–water partition coefficient (Wildman–Crippen LogP) is 5.75. The average molecular weight is 422 g/mol. The SMILES string of the molecule is COc1ccc2c(c1)c(CS(C)(C)CS)c(C)n2C(=O)c1ccc(Cl)cc1. The number of thiol groups is 1. The minimum absolute atomic E-state index is 0.0516. The van der Waals surface area contributed by atoms with Crippen molar-refractivity contribution < 1.29 is 9.53 Å². The molecule has 0 aliphatic heterocycles. The van der Waals surface area contributed by atoms with Gasteiger partial charge in [-0.2, -0.15) is 12.6 Å². The predicted molar refractivity (Wildman–Crippen MR) is 121 cm³/mol. The van der Waals surface area contributed by atoms with Crippen LogP contribution >= 0.6 is 34.3 Å². The summed E-state index contributed by atoms with van der Waals surface area (Å²) in [5.41, 5.74) is 3.68. The molecule has 0 aliphatic rings. The summed E-state index contributed by atoms with van der Waals surface area (Å²) >= 11 is 10.5. The molecule has 1 heterocycles. The number of aromatic nitrogens is 1. The van der Waals surface area contributed by atoms with Gasteiger partial charge in [-0.3, -0.25) is 9.36 Å². The monoisotopic (exact) mass is 421 g/mol. The van der Waals surface area contributed by atoms with Gasteiger partial charge in [0.2, 0.25) is 0 Å². The maximum atomic E-state index is 13.3. The molecule has 0 aliphatic carbocycles. The van der Waals surface area contributed by atoms with Gasteiger partial charge in [0, 0.05) is 32.5 Å². The molecule has 0 amide bonds. The molecular weight excluding hydrogens is 398 g/mol. The molecule has 27 heavy (non-hydrogen) atoms. The number of nitrogens with zero attached hydrogens (tertiary/aromatic N) is 1. The summed E-state index contributed by atoms with van der Waals surface area (Å²) in [7, 11) is 0.752. The molecular formula is C21H24ClNO2S2. The van der Waals surface area contributed by atoms with Gasteiger partial charge in [0.1, 0.15) is 5.75 Å². The van der Waals surface area contributed by atoms with Crippen molar-refractivity contribution in [3.63, 3.8) is 0 Å². The Balaban J connectivity index is 2.22. The van der Waals surface area contributed by atoms with E-state index >= 15 is 0 Å². The molecule has 2 aromatic carbocycles. The minimum Gasteiger partial charge on any atom is -0.497 e. The smallest absolute Gasteiger partial charge is 0.262 e. The Kier molecular flexibility index (Phi) is 5.84. The Labute approximate surface area is 172 Å². The lowest BCUT2D eigenvalue weighted by Gasteiger charge is -2.29. The first kappa shape index (κ1) is 20.2. The molecule has 0 unspecified atom stereocenters. The fourth-order valence-corrected chi connectivity index (χ4v) is 4.83. The zero-order valence-electron chi connectivity index (χ0n) is 16.0. The number of methoxy groups -OCH3 is 1. The summed E-state index contributed by atoms with van der Waals surface area (Å²) in [5.74, 6) is 1.65. The first-order chi connectivity index (χ1) is 12.8. The lowest BCUT2D eigenvalue weighted by molar-refractivity contribution is 0.0963. The Morgan fingerprint density at radius 1 is 1.19 bits per heavy atom. The molecule has 0 radical (unpaired) electrons. The first-order valence-electron chi connectivity index (χ1n) is 8.55. The summed E-state index contributed by atoms with van der Waals surface area (Å²) in [6.07, 6.45) is 4.54. The van der Waals surface area contributed by atoms with E-state index in [0.717, 1.165) is 33.2 Å². The van der Waals surface area contributed by atoms with Crippen molar-refractivity contribution in [2.75, 3.05) is 24.7 Å². The van der Waals surface area contributed by atoms with Crippen LogP contribution in [-0.4, -0.2) is 35.2 Å². The largest absolute Gasteiger partial charge is 0.497 e. The highest BCUT2D eigenvalue weighted by Crippen LogP contribution is 2.47. The van der Waals surface area contributed by atoms with Crippen molar-refractivity contribution >= 4 is 51.1 Å². The van der Waals surface area contributed by atoms with Crippen molar-refractivity contribution in [3.05, 3.63) is 64.3 Å².